The summed E-state index contributed by atoms with van der Waals surface area (Å²) in [6, 6.07) is 5.44. The highest BCUT2D eigenvalue weighted by atomic mass is 79.9. The fourth-order valence-corrected chi connectivity index (χ4v) is 2.31. The van der Waals surface area contributed by atoms with Crippen molar-refractivity contribution in [2.75, 3.05) is 0 Å². The van der Waals surface area contributed by atoms with E-state index < -0.39 is 0 Å². The van der Waals surface area contributed by atoms with Crippen molar-refractivity contribution in [3.05, 3.63) is 44.9 Å². The molecule has 0 atom stereocenters. The number of carbonyl (C=O) groups excluding carboxylic acids is 1. The Morgan fingerprint density at radius 1 is 1.40 bits per heavy atom. The summed E-state index contributed by atoms with van der Waals surface area (Å²) in [6.45, 7) is 0. The van der Waals surface area contributed by atoms with Crippen molar-refractivity contribution in [3.63, 3.8) is 0 Å². The lowest BCUT2D eigenvalue weighted by Crippen LogP contribution is -2.02. The number of Topliss-reactive ketones (excluding diaryl/α,β-unsaturated/α-hetero) is 1. The Kier molecular flexibility index (Phi) is 3.27. The van der Waals surface area contributed by atoms with Gasteiger partial charge in [-0.15, -0.1) is 0 Å². The fraction of sp³-hybridized carbons (Fsp3) is 0.250. The van der Waals surface area contributed by atoms with Crippen molar-refractivity contribution < 1.29 is 4.79 Å². The predicted octanol–water partition coefficient (Wildman–Crippen LogP) is 4.40. The minimum atomic E-state index is 0.0683. The van der Waals surface area contributed by atoms with Crippen LogP contribution in [0.1, 0.15) is 29.6 Å². The highest BCUT2D eigenvalue weighted by Crippen LogP contribution is 2.30. The summed E-state index contributed by atoms with van der Waals surface area (Å²) in [5, 5.41) is 0.510. The second-order valence-corrected chi connectivity index (χ2v) is 4.78. The number of carbonyl (C=O) groups is 1. The zero-order valence-electron chi connectivity index (χ0n) is 8.09. The van der Waals surface area contributed by atoms with Gasteiger partial charge in [0, 0.05) is 10.0 Å². The van der Waals surface area contributed by atoms with Gasteiger partial charge in [0.15, 0.2) is 5.78 Å². The van der Waals surface area contributed by atoms with Crippen molar-refractivity contribution in [2.24, 2.45) is 0 Å². The number of allylic oxidation sites excluding steroid dienone is 2. The lowest BCUT2D eigenvalue weighted by molar-refractivity contribution is 0.103. The van der Waals surface area contributed by atoms with E-state index >= 15 is 0 Å². The quantitative estimate of drug-likeness (QED) is 0.736. The standard InChI is InChI=1S/C12H10BrClO/c13-10-7-3-6-9(11(10)14)12(15)8-4-1-2-5-8/h3-4,6-7H,1-2,5H2. The Balaban J connectivity index is 2.37. The van der Waals surface area contributed by atoms with E-state index in [0.29, 0.717) is 10.6 Å². The van der Waals surface area contributed by atoms with Gasteiger partial charge in [-0.1, -0.05) is 23.7 Å². The molecule has 0 amide bonds. The van der Waals surface area contributed by atoms with Crippen molar-refractivity contribution >= 4 is 33.3 Å². The van der Waals surface area contributed by atoms with Crippen LogP contribution < -0.4 is 0 Å². The lowest BCUT2D eigenvalue weighted by Gasteiger charge is -2.05. The first-order chi connectivity index (χ1) is 7.20. The molecular weight excluding hydrogens is 275 g/mol. The average Bonchev–Trinajstić information content (AvgIpc) is 2.74. The molecule has 0 bridgehead atoms. The molecule has 0 unspecified atom stereocenters. The third-order valence-electron chi connectivity index (χ3n) is 2.53. The summed E-state index contributed by atoms with van der Waals surface area (Å²) in [7, 11) is 0. The van der Waals surface area contributed by atoms with Crippen LogP contribution in [-0.4, -0.2) is 5.78 Å². The summed E-state index contributed by atoms with van der Waals surface area (Å²) in [5.74, 6) is 0.0683. The van der Waals surface area contributed by atoms with Gasteiger partial charge in [0.05, 0.1) is 5.02 Å². The van der Waals surface area contributed by atoms with Crippen LogP contribution in [0.4, 0.5) is 0 Å². The van der Waals surface area contributed by atoms with Gasteiger partial charge in [0.1, 0.15) is 0 Å². The van der Waals surface area contributed by atoms with Crippen LogP contribution in [0.25, 0.3) is 0 Å². The van der Waals surface area contributed by atoms with Crippen LogP contribution in [0.2, 0.25) is 5.02 Å². The lowest BCUT2D eigenvalue weighted by atomic mass is 10.0. The zero-order chi connectivity index (χ0) is 10.8. The van der Waals surface area contributed by atoms with Crippen molar-refractivity contribution in [2.45, 2.75) is 19.3 Å². The summed E-state index contributed by atoms with van der Waals surface area (Å²) in [6.07, 6.45) is 4.97. The minimum Gasteiger partial charge on any atom is -0.289 e. The molecule has 1 aliphatic carbocycles. The Hall–Kier alpha value is -0.600. The molecule has 15 heavy (non-hydrogen) atoms. The number of rotatable bonds is 2. The Morgan fingerprint density at radius 2 is 2.20 bits per heavy atom. The topological polar surface area (TPSA) is 17.1 Å². The zero-order valence-corrected chi connectivity index (χ0v) is 10.4. The number of hydrogen-bond donors (Lipinski definition) is 0. The Labute approximate surface area is 102 Å². The molecule has 0 heterocycles. The van der Waals surface area contributed by atoms with Gasteiger partial charge < -0.3 is 0 Å². The number of halogens is 2. The number of hydrogen-bond acceptors (Lipinski definition) is 1. The van der Waals surface area contributed by atoms with Gasteiger partial charge in [0.25, 0.3) is 0 Å². The average molecular weight is 286 g/mol. The van der Waals surface area contributed by atoms with Gasteiger partial charge >= 0.3 is 0 Å². The van der Waals surface area contributed by atoms with Crippen LogP contribution in [-0.2, 0) is 0 Å². The van der Waals surface area contributed by atoms with E-state index in [2.05, 4.69) is 15.9 Å². The molecule has 2 rings (SSSR count). The van der Waals surface area contributed by atoms with Crippen molar-refractivity contribution in [1.29, 1.82) is 0 Å². The molecule has 0 N–H and O–H groups in total. The molecule has 0 spiro atoms. The fourth-order valence-electron chi connectivity index (χ4n) is 1.73. The molecule has 0 aromatic heterocycles. The summed E-state index contributed by atoms with van der Waals surface area (Å²) < 4.78 is 0.772. The first-order valence-electron chi connectivity index (χ1n) is 4.88. The van der Waals surface area contributed by atoms with Gasteiger partial charge in [-0.2, -0.15) is 0 Å². The minimum absolute atomic E-state index is 0.0683. The smallest absolute Gasteiger partial charge is 0.190 e. The van der Waals surface area contributed by atoms with Crippen LogP contribution in [0.15, 0.2) is 34.3 Å². The van der Waals surface area contributed by atoms with Gasteiger partial charge in [-0.25, -0.2) is 0 Å². The molecule has 78 valence electrons. The van der Waals surface area contributed by atoms with E-state index in [1.54, 1.807) is 6.07 Å². The van der Waals surface area contributed by atoms with Crippen LogP contribution in [0.5, 0.6) is 0 Å². The van der Waals surface area contributed by atoms with Crippen LogP contribution >= 0.6 is 27.5 Å². The van der Waals surface area contributed by atoms with Gasteiger partial charge in [0.2, 0.25) is 0 Å². The maximum Gasteiger partial charge on any atom is 0.190 e. The van der Waals surface area contributed by atoms with E-state index in [1.807, 2.05) is 18.2 Å². The molecule has 0 fully saturated rings. The van der Waals surface area contributed by atoms with E-state index in [9.17, 15) is 4.79 Å². The molecule has 0 aliphatic heterocycles. The third kappa shape index (κ3) is 2.16. The molecule has 1 nitrogen and oxygen atoms in total. The van der Waals surface area contributed by atoms with E-state index in [0.717, 1.165) is 29.3 Å². The molecule has 0 radical (unpaired) electrons. The van der Waals surface area contributed by atoms with Gasteiger partial charge in [-0.3, -0.25) is 4.79 Å². The second kappa shape index (κ2) is 4.50. The molecule has 0 saturated heterocycles. The first kappa shape index (κ1) is 10.9. The maximum absolute atomic E-state index is 12.0. The Bertz CT molecular complexity index is 437. The molecule has 1 aliphatic rings. The van der Waals surface area contributed by atoms with E-state index in [-0.39, 0.29) is 5.78 Å². The number of benzene rings is 1. The molecule has 3 heteroatoms. The maximum atomic E-state index is 12.0. The largest absolute Gasteiger partial charge is 0.289 e. The summed E-state index contributed by atoms with van der Waals surface area (Å²) in [4.78, 5) is 12.0. The van der Waals surface area contributed by atoms with E-state index in [4.69, 9.17) is 11.6 Å². The predicted molar refractivity (Wildman–Crippen MR) is 65.4 cm³/mol. The van der Waals surface area contributed by atoms with Crippen LogP contribution in [0.3, 0.4) is 0 Å². The monoisotopic (exact) mass is 284 g/mol. The summed E-state index contributed by atoms with van der Waals surface area (Å²) in [5.41, 5.74) is 1.49. The molecule has 1 aromatic carbocycles. The second-order valence-electron chi connectivity index (χ2n) is 3.55. The number of ketones is 1. The first-order valence-corrected chi connectivity index (χ1v) is 6.05. The Morgan fingerprint density at radius 3 is 2.87 bits per heavy atom. The molecular formula is C12H10BrClO. The highest BCUT2D eigenvalue weighted by molar-refractivity contribution is 9.10. The summed E-state index contributed by atoms with van der Waals surface area (Å²) >= 11 is 9.39. The van der Waals surface area contributed by atoms with Crippen LogP contribution in [0, 0.1) is 0 Å². The van der Waals surface area contributed by atoms with Crippen molar-refractivity contribution in [3.8, 4) is 0 Å². The van der Waals surface area contributed by atoms with Gasteiger partial charge in [-0.05, 0) is 52.9 Å². The van der Waals surface area contributed by atoms with E-state index in [1.165, 1.54) is 0 Å². The normalized spacial score (nSPS) is 15.2. The van der Waals surface area contributed by atoms with Crippen molar-refractivity contribution in [1.82, 2.24) is 0 Å². The molecule has 0 saturated carbocycles. The highest BCUT2D eigenvalue weighted by Gasteiger charge is 2.18. The third-order valence-corrected chi connectivity index (χ3v) is 3.83. The molecule has 1 aromatic rings. The SMILES string of the molecule is O=C(C1=CCCC1)c1cccc(Br)c1Cl.